The number of unbranched alkanes of at least 4 members (excludes halogenated alkanes) is 2. The first-order valence-corrected chi connectivity index (χ1v) is 15.9. The van der Waals surface area contributed by atoms with Gasteiger partial charge in [0.2, 0.25) is 18.4 Å². The molecule has 0 spiro atoms. The summed E-state index contributed by atoms with van der Waals surface area (Å²) >= 11 is 0. The number of carboxylic acid groups (broad SMARTS) is 1. The summed E-state index contributed by atoms with van der Waals surface area (Å²) in [4.78, 5) is 33.0. The second kappa shape index (κ2) is 16.6. The first kappa shape index (κ1) is 34.2. The van der Waals surface area contributed by atoms with Gasteiger partial charge in [0.05, 0.1) is 33.3 Å². The second-order valence-corrected chi connectivity index (χ2v) is 12.0. The van der Waals surface area contributed by atoms with Crippen LogP contribution in [0, 0.1) is 5.92 Å². The van der Waals surface area contributed by atoms with Gasteiger partial charge < -0.3 is 38.6 Å². The summed E-state index contributed by atoms with van der Waals surface area (Å²) in [6, 6.07) is 10.6. The van der Waals surface area contributed by atoms with Gasteiger partial charge in [-0.1, -0.05) is 25.5 Å². The largest absolute Gasteiger partial charge is 0.493 e. The molecule has 0 saturated carbocycles. The van der Waals surface area contributed by atoms with Crippen molar-refractivity contribution in [1.82, 2.24) is 14.7 Å². The molecule has 1 saturated heterocycles. The van der Waals surface area contributed by atoms with Crippen LogP contribution in [0.4, 0.5) is 0 Å². The Balaban J connectivity index is 1.58. The first-order valence-electron chi connectivity index (χ1n) is 15.9. The number of fused-ring (bicyclic) bond motifs is 1. The zero-order valence-electron chi connectivity index (χ0n) is 27.3. The molecule has 2 aromatic carbocycles. The third kappa shape index (κ3) is 8.73. The minimum atomic E-state index is -0.916. The average molecular weight is 628 g/mol. The molecule has 0 radical (unpaired) electrons. The van der Waals surface area contributed by atoms with Crippen molar-refractivity contribution in [3.8, 4) is 28.7 Å². The number of rotatable bonds is 18. The van der Waals surface area contributed by atoms with Crippen molar-refractivity contribution in [2.24, 2.45) is 5.92 Å². The topological polar surface area (TPSA) is 110 Å². The van der Waals surface area contributed by atoms with Crippen molar-refractivity contribution in [2.75, 3.05) is 74.4 Å². The summed E-state index contributed by atoms with van der Waals surface area (Å²) in [6.45, 7) is 5.34. The predicted molar refractivity (Wildman–Crippen MR) is 171 cm³/mol. The number of benzene rings is 2. The molecule has 2 aromatic rings. The van der Waals surface area contributed by atoms with Crippen LogP contribution in [0.2, 0.25) is 0 Å². The van der Waals surface area contributed by atoms with E-state index in [1.165, 1.54) is 0 Å². The van der Waals surface area contributed by atoms with E-state index in [2.05, 4.69) is 25.9 Å². The number of methoxy groups -OCH3 is 2. The Bertz CT molecular complexity index is 1270. The van der Waals surface area contributed by atoms with Gasteiger partial charge in [-0.2, -0.15) is 0 Å². The van der Waals surface area contributed by atoms with Crippen LogP contribution < -0.4 is 23.7 Å². The summed E-state index contributed by atoms with van der Waals surface area (Å²) in [5.74, 6) is 0.663. The third-order valence-corrected chi connectivity index (χ3v) is 8.64. The quantitative estimate of drug-likeness (QED) is 0.240. The number of likely N-dealkylation sites (tertiary alicyclic amines) is 1. The van der Waals surface area contributed by atoms with Crippen LogP contribution in [0.25, 0.3) is 0 Å². The Hall–Kier alpha value is -3.70. The number of amides is 1. The third-order valence-electron chi connectivity index (χ3n) is 8.64. The number of hydrogen-bond acceptors (Lipinski definition) is 9. The zero-order valence-corrected chi connectivity index (χ0v) is 27.3. The molecule has 1 N–H and O–H groups in total. The Morgan fingerprint density at radius 1 is 0.978 bits per heavy atom. The molecule has 2 heterocycles. The zero-order chi connectivity index (χ0) is 32.3. The van der Waals surface area contributed by atoms with Gasteiger partial charge in [0.1, 0.15) is 0 Å². The van der Waals surface area contributed by atoms with Gasteiger partial charge >= 0.3 is 5.97 Å². The molecule has 248 valence electrons. The summed E-state index contributed by atoms with van der Waals surface area (Å²) in [6.07, 6.45) is 4.25. The van der Waals surface area contributed by atoms with Gasteiger partial charge in [0.25, 0.3) is 0 Å². The van der Waals surface area contributed by atoms with Gasteiger partial charge in [-0.3, -0.25) is 14.5 Å². The molecule has 11 heteroatoms. The summed E-state index contributed by atoms with van der Waals surface area (Å²) in [5.41, 5.74) is 0.778. The predicted octanol–water partition coefficient (Wildman–Crippen LogP) is 4.34. The van der Waals surface area contributed by atoms with E-state index >= 15 is 0 Å². The Kier molecular flexibility index (Phi) is 12.6. The highest BCUT2D eigenvalue weighted by Crippen LogP contribution is 2.47. The molecule has 4 rings (SSSR count). The number of para-hydroxylation sites is 2. The van der Waals surface area contributed by atoms with E-state index in [0.717, 1.165) is 37.8 Å². The summed E-state index contributed by atoms with van der Waals surface area (Å²) in [7, 11) is 7.24. The van der Waals surface area contributed by atoms with E-state index in [4.69, 9.17) is 23.7 Å². The molecule has 2 aliphatic rings. The van der Waals surface area contributed by atoms with Gasteiger partial charge in [-0.15, -0.1) is 0 Å². The number of ether oxygens (including phenoxy) is 5. The van der Waals surface area contributed by atoms with E-state index in [9.17, 15) is 14.7 Å². The lowest BCUT2D eigenvalue weighted by Crippen LogP contribution is -2.45. The minimum absolute atomic E-state index is 0.0250. The van der Waals surface area contributed by atoms with E-state index in [0.29, 0.717) is 54.8 Å². The molecular formula is C34H49N3O8. The molecule has 45 heavy (non-hydrogen) atoms. The highest BCUT2D eigenvalue weighted by molar-refractivity contribution is 5.79. The van der Waals surface area contributed by atoms with E-state index in [-0.39, 0.29) is 25.9 Å². The fourth-order valence-corrected chi connectivity index (χ4v) is 6.30. The molecule has 0 bridgehead atoms. The van der Waals surface area contributed by atoms with Gasteiger partial charge in [0.15, 0.2) is 23.0 Å². The molecule has 11 nitrogen and oxygen atoms in total. The van der Waals surface area contributed by atoms with Crippen LogP contribution in [-0.2, 0) is 9.59 Å². The van der Waals surface area contributed by atoms with Crippen LogP contribution in [0.3, 0.4) is 0 Å². The molecule has 2 aliphatic heterocycles. The highest BCUT2D eigenvalue weighted by atomic mass is 16.7. The van der Waals surface area contributed by atoms with Crippen LogP contribution >= 0.6 is 0 Å². The summed E-state index contributed by atoms with van der Waals surface area (Å²) in [5, 5.41) is 10.6. The average Bonchev–Trinajstić information content (AvgIpc) is 3.65. The number of carbonyl (C=O) groups is 2. The lowest BCUT2D eigenvalue weighted by atomic mass is 9.84. The second-order valence-electron chi connectivity index (χ2n) is 12.0. The lowest BCUT2D eigenvalue weighted by molar-refractivity contribution is -0.144. The molecule has 0 aliphatic carbocycles. The maximum atomic E-state index is 13.9. The van der Waals surface area contributed by atoms with Crippen molar-refractivity contribution >= 4 is 11.9 Å². The van der Waals surface area contributed by atoms with Crippen molar-refractivity contribution in [3.63, 3.8) is 0 Å². The van der Waals surface area contributed by atoms with E-state index in [1.807, 2.05) is 46.2 Å². The number of carbonyl (C=O) groups excluding carboxylic acids is 1. The van der Waals surface area contributed by atoms with Crippen LogP contribution in [0.1, 0.15) is 50.5 Å². The maximum absolute atomic E-state index is 13.9. The molecule has 3 atom stereocenters. The molecular weight excluding hydrogens is 578 g/mol. The van der Waals surface area contributed by atoms with Crippen molar-refractivity contribution in [3.05, 3.63) is 42.0 Å². The van der Waals surface area contributed by atoms with E-state index in [1.54, 1.807) is 14.2 Å². The number of nitrogens with zero attached hydrogens (tertiary/aromatic N) is 3. The fourth-order valence-electron chi connectivity index (χ4n) is 6.30. The molecule has 0 aromatic heterocycles. The Labute approximate surface area is 266 Å². The summed E-state index contributed by atoms with van der Waals surface area (Å²) < 4.78 is 28.3. The number of aliphatic carboxylic acids is 1. The normalized spacial score (nSPS) is 19.1. The molecule has 1 amide bonds. The number of hydrogen-bond donors (Lipinski definition) is 1. The Morgan fingerprint density at radius 3 is 2.38 bits per heavy atom. The highest BCUT2D eigenvalue weighted by Gasteiger charge is 2.47. The SMILES string of the molecule is CCCCN(CCCCN(C)C)C(=O)CN1C[C@H](c2cc(OC)c3c(c2)OCO3)C(C(=O)O)[C@@H]1CCOc1ccccc1OC. The van der Waals surface area contributed by atoms with Gasteiger partial charge in [0, 0.05) is 31.6 Å². The van der Waals surface area contributed by atoms with Gasteiger partial charge in [-0.05, 0) is 76.2 Å². The monoisotopic (exact) mass is 627 g/mol. The smallest absolute Gasteiger partial charge is 0.308 e. The standard InChI is InChI=1S/C34H49N3O8/c1-6-7-16-36(17-11-10-15-35(2)3)31(38)22-37-21-25(24-19-29(42-5)33-30(20-24)44-23-45-33)32(34(39)40)26(37)14-18-43-28-13-9-8-12-27(28)41-4/h8-9,12-13,19-20,25-26,32H,6-7,10-11,14-18,21-23H2,1-5H3,(H,39,40)/t25-,26+,32?/m1/s1. The van der Waals surface area contributed by atoms with Crippen molar-refractivity contribution in [1.29, 1.82) is 0 Å². The lowest BCUT2D eigenvalue weighted by Gasteiger charge is -2.30. The van der Waals surface area contributed by atoms with Gasteiger partial charge in [-0.25, -0.2) is 0 Å². The first-order chi connectivity index (χ1) is 21.8. The van der Waals surface area contributed by atoms with Crippen LogP contribution in [-0.4, -0.2) is 112 Å². The Morgan fingerprint density at radius 2 is 1.69 bits per heavy atom. The van der Waals surface area contributed by atoms with Crippen LogP contribution in [0.15, 0.2) is 36.4 Å². The van der Waals surface area contributed by atoms with Crippen molar-refractivity contribution in [2.45, 2.75) is 51.0 Å². The van der Waals surface area contributed by atoms with Crippen molar-refractivity contribution < 1.29 is 38.4 Å². The van der Waals surface area contributed by atoms with Crippen LogP contribution in [0.5, 0.6) is 28.7 Å². The molecule has 1 fully saturated rings. The minimum Gasteiger partial charge on any atom is -0.493 e. The fraction of sp³-hybridized carbons (Fsp3) is 0.588. The maximum Gasteiger partial charge on any atom is 0.308 e. The number of carboxylic acids is 1. The van der Waals surface area contributed by atoms with E-state index < -0.39 is 23.8 Å². The molecule has 1 unspecified atom stereocenters.